The number of carbonyl (C=O) groups excluding carboxylic acids is 1. The molecule has 2 rings (SSSR count). The molecular formula is C15H27NO2. The minimum Gasteiger partial charge on any atom is -0.391 e. The first-order chi connectivity index (χ1) is 8.68. The summed E-state index contributed by atoms with van der Waals surface area (Å²) in [6, 6.07) is 0.684. The molecule has 18 heavy (non-hydrogen) atoms. The lowest BCUT2D eigenvalue weighted by atomic mass is 9.89. The van der Waals surface area contributed by atoms with Gasteiger partial charge in [-0.25, -0.2) is 0 Å². The Morgan fingerprint density at radius 1 is 1.11 bits per heavy atom. The molecule has 1 saturated heterocycles. The van der Waals surface area contributed by atoms with Crippen LogP contribution in [0.15, 0.2) is 0 Å². The second kappa shape index (κ2) is 6.67. The summed E-state index contributed by atoms with van der Waals surface area (Å²) in [5.74, 6) is 0.289. The van der Waals surface area contributed by atoms with Crippen LogP contribution in [0.2, 0.25) is 0 Å². The lowest BCUT2D eigenvalue weighted by molar-refractivity contribution is -0.119. The maximum atomic E-state index is 11.4. The SMILES string of the molecule is CC(=O)CC1CCCCCN1C1CCCCC1O. The number of likely N-dealkylation sites (tertiary alicyclic amines) is 1. The number of Topliss-reactive ketones (excluding diaryl/α,β-unsaturated/α-hetero) is 1. The van der Waals surface area contributed by atoms with Gasteiger partial charge < -0.3 is 5.11 Å². The molecule has 0 bridgehead atoms. The minimum atomic E-state index is -0.175. The zero-order valence-corrected chi connectivity index (χ0v) is 11.6. The number of carbonyl (C=O) groups is 1. The normalized spacial score (nSPS) is 35.1. The monoisotopic (exact) mass is 253 g/mol. The molecule has 0 aromatic heterocycles. The van der Waals surface area contributed by atoms with E-state index in [4.69, 9.17) is 0 Å². The second-order valence-electron chi connectivity index (χ2n) is 6.07. The molecule has 0 aromatic rings. The Morgan fingerprint density at radius 2 is 1.83 bits per heavy atom. The fourth-order valence-electron chi connectivity index (χ4n) is 3.67. The highest BCUT2D eigenvalue weighted by Gasteiger charge is 2.33. The van der Waals surface area contributed by atoms with E-state index in [1.54, 1.807) is 6.92 Å². The summed E-state index contributed by atoms with van der Waals surface area (Å²) < 4.78 is 0. The average molecular weight is 253 g/mol. The molecular weight excluding hydrogens is 226 g/mol. The number of nitrogens with zero attached hydrogens (tertiary/aromatic N) is 1. The van der Waals surface area contributed by atoms with Gasteiger partial charge in [0, 0.05) is 18.5 Å². The summed E-state index contributed by atoms with van der Waals surface area (Å²) in [7, 11) is 0. The maximum absolute atomic E-state index is 11.4. The predicted molar refractivity (Wildman–Crippen MR) is 72.5 cm³/mol. The lowest BCUT2D eigenvalue weighted by Crippen LogP contribution is -2.50. The molecule has 0 aromatic carbocycles. The molecule has 1 N–H and O–H groups in total. The van der Waals surface area contributed by atoms with Gasteiger partial charge >= 0.3 is 0 Å². The van der Waals surface area contributed by atoms with Crippen LogP contribution >= 0.6 is 0 Å². The van der Waals surface area contributed by atoms with E-state index in [9.17, 15) is 9.90 Å². The first-order valence-corrected chi connectivity index (χ1v) is 7.61. The second-order valence-corrected chi connectivity index (χ2v) is 6.07. The summed E-state index contributed by atoms with van der Waals surface area (Å²) in [6.45, 7) is 2.76. The molecule has 3 nitrogen and oxygen atoms in total. The number of hydrogen-bond acceptors (Lipinski definition) is 3. The third-order valence-corrected chi connectivity index (χ3v) is 4.57. The first kappa shape index (κ1) is 14.0. The van der Waals surface area contributed by atoms with Crippen molar-refractivity contribution in [3.63, 3.8) is 0 Å². The molecule has 0 spiro atoms. The van der Waals surface area contributed by atoms with Crippen molar-refractivity contribution in [2.45, 2.75) is 82.9 Å². The Kier molecular flexibility index (Phi) is 5.19. The van der Waals surface area contributed by atoms with Gasteiger partial charge in [-0.3, -0.25) is 9.69 Å². The fourth-order valence-corrected chi connectivity index (χ4v) is 3.67. The summed E-state index contributed by atoms with van der Waals surface area (Å²) in [6.07, 6.45) is 9.78. The van der Waals surface area contributed by atoms with Crippen LogP contribution < -0.4 is 0 Å². The molecule has 2 aliphatic rings. The number of aliphatic hydroxyl groups excluding tert-OH is 1. The fraction of sp³-hybridized carbons (Fsp3) is 0.933. The molecule has 3 atom stereocenters. The van der Waals surface area contributed by atoms with Gasteiger partial charge in [0.2, 0.25) is 0 Å². The van der Waals surface area contributed by atoms with E-state index in [1.807, 2.05) is 0 Å². The number of aliphatic hydroxyl groups is 1. The van der Waals surface area contributed by atoms with Crippen molar-refractivity contribution in [1.82, 2.24) is 4.90 Å². The summed E-state index contributed by atoms with van der Waals surface area (Å²) in [5, 5.41) is 10.2. The van der Waals surface area contributed by atoms with Crippen molar-refractivity contribution >= 4 is 5.78 Å². The van der Waals surface area contributed by atoms with Gasteiger partial charge in [0.25, 0.3) is 0 Å². The topological polar surface area (TPSA) is 40.5 Å². The first-order valence-electron chi connectivity index (χ1n) is 7.61. The molecule has 104 valence electrons. The largest absolute Gasteiger partial charge is 0.391 e. The summed E-state index contributed by atoms with van der Waals surface area (Å²) in [4.78, 5) is 13.9. The van der Waals surface area contributed by atoms with Crippen molar-refractivity contribution in [2.75, 3.05) is 6.54 Å². The van der Waals surface area contributed by atoms with Crippen molar-refractivity contribution in [3.8, 4) is 0 Å². The maximum Gasteiger partial charge on any atom is 0.131 e. The van der Waals surface area contributed by atoms with E-state index in [0.717, 1.165) is 32.2 Å². The molecule has 3 unspecified atom stereocenters. The lowest BCUT2D eigenvalue weighted by Gasteiger charge is -2.41. The number of ketones is 1. The van der Waals surface area contributed by atoms with Crippen molar-refractivity contribution in [2.24, 2.45) is 0 Å². The number of hydrogen-bond donors (Lipinski definition) is 1. The molecule has 1 aliphatic carbocycles. The van der Waals surface area contributed by atoms with Crippen LogP contribution in [0, 0.1) is 0 Å². The van der Waals surface area contributed by atoms with Crippen LogP contribution in [0.4, 0.5) is 0 Å². The van der Waals surface area contributed by atoms with Gasteiger partial charge in [-0.1, -0.05) is 25.7 Å². The molecule has 1 aliphatic heterocycles. The minimum absolute atomic E-state index is 0.175. The third kappa shape index (κ3) is 3.55. The number of rotatable bonds is 3. The zero-order valence-electron chi connectivity index (χ0n) is 11.6. The molecule has 1 saturated carbocycles. The van der Waals surface area contributed by atoms with Crippen LogP contribution in [0.3, 0.4) is 0 Å². The standard InChI is InChI=1S/C15H27NO2/c1-12(17)11-13-7-3-2-6-10-16(13)14-8-4-5-9-15(14)18/h13-15,18H,2-11H2,1H3. The van der Waals surface area contributed by atoms with Crippen LogP contribution in [-0.2, 0) is 4.79 Å². The van der Waals surface area contributed by atoms with Crippen molar-refractivity contribution in [1.29, 1.82) is 0 Å². The molecule has 2 fully saturated rings. The Balaban J connectivity index is 2.06. The van der Waals surface area contributed by atoms with Gasteiger partial charge in [0.1, 0.15) is 5.78 Å². The Labute approximate surface area is 111 Å². The predicted octanol–water partition coefficient (Wildman–Crippen LogP) is 2.51. The van der Waals surface area contributed by atoms with Crippen molar-refractivity contribution < 1.29 is 9.90 Å². The molecule has 0 radical (unpaired) electrons. The van der Waals surface area contributed by atoms with Crippen LogP contribution in [0.25, 0.3) is 0 Å². The Hall–Kier alpha value is -0.410. The van der Waals surface area contributed by atoms with E-state index in [0.29, 0.717) is 18.5 Å². The van der Waals surface area contributed by atoms with E-state index in [1.165, 1.54) is 25.7 Å². The van der Waals surface area contributed by atoms with Gasteiger partial charge in [0.15, 0.2) is 0 Å². The molecule has 0 amide bonds. The van der Waals surface area contributed by atoms with Crippen LogP contribution in [0.1, 0.15) is 64.7 Å². The summed E-state index contributed by atoms with van der Waals surface area (Å²) in [5.41, 5.74) is 0. The van der Waals surface area contributed by atoms with Crippen LogP contribution in [0.5, 0.6) is 0 Å². The third-order valence-electron chi connectivity index (χ3n) is 4.57. The van der Waals surface area contributed by atoms with Gasteiger partial charge in [-0.15, -0.1) is 0 Å². The smallest absolute Gasteiger partial charge is 0.131 e. The Morgan fingerprint density at radius 3 is 2.56 bits per heavy atom. The van der Waals surface area contributed by atoms with Gasteiger partial charge in [-0.2, -0.15) is 0 Å². The summed E-state index contributed by atoms with van der Waals surface area (Å²) >= 11 is 0. The van der Waals surface area contributed by atoms with Crippen molar-refractivity contribution in [3.05, 3.63) is 0 Å². The quantitative estimate of drug-likeness (QED) is 0.840. The van der Waals surface area contributed by atoms with E-state index in [-0.39, 0.29) is 11.9 Å². The van der Waals surface area contributed by atoms with E-state index >= 15 is 0 Å². The Bertz CT molecular complexity index is 280. The van der Waals surface area contributed by atoms with Gasteiger partial charge in [-0.05, 0) is 39.2 Å². The van der Waals surface area contributed by atoms with E-state index in [2.05, 4.69) is 4.90 Å². The van der Waals surface area contributed by atoms with Crippen LogP contribution in [-0.4, -0.2) is 40.5 Å². The highest BCUT2D eigenvalue weighted by molar-refractivity contribution is 5.76. The molecule has 1 heterocycles. The highest BCUT2D eigenvalue weighted by Crippen LogP contribution is 2.29. The van der Waals surface area contributed by atoms with Gasteiger partial charge in [0.05, 0.1) is 6.10 Å². The average Bonchev–Trinajstić information content (AvgIpc) is 2.55. The zero-order chi connectivity index (χ0) is 13.0. The molecule has 3 heteroatoms. The highest BCUT2D eigenvalue weighted by atomic mass is 16.3. The van der Waals surface area contributed by atoms with E-state index < -0.39 is 0 Å².